The molecule has 14 heavy (non-hydrogen) atoms. The highest BCUT2D eigenvalue weighted by atomic mass is 16.2. The Kier molecular flexibility index (Phi) is 2.31. The Balaban J connectivity index is 1.93. The van der Waals surface area contributed by atoms with Gasteiger partial charge in [-0.2, -0.15) is 0 Å². The minimum atomic E-state index is 0.0378. The summed E-state index contributed by atoms with van der Waals surface area (Å²) in [5.41, 5.74) is 0.716. The van der Waals surface area contributed by atoms with E-state index in [1.54, 1.807) is 12.1 Å². The Morgan fingerprint density at radius 2 is 2.00 bits per heavy atom. The van der Waals surface area contributed by atoms with Crippen molar-refractivity contribution in [3.63, 3.8) is 0 Å². The molecule has 1 N–H and O–H groups in total. The summed E-state index contributed by atoms with van der Waals surface area (Å²) < 4.78 is 0. The fourth-order valence-electron chi connectivity index (χ4n) is 1.52. The first-order valence-corrected chi connectivity index (χ1v) is 4.63. The molecule has 2 rings (SSSR count). The lowest BCUT2D eigenvalue weighted by molar-refractivity contribution is -0.127. The zero-order chi connectivity index (χ0) is 9.97. The van der Waals surface area contributed by atoms with Crippen molar-refractivity contribution in [1.82, 2.24) is 5.32 Å². The minimum absolute atomic E-state index is 0.0378. The van der Waals surface area contributed by atoms with Gasteiger partial charge in [0.15, 0.2) is 5.78 Å². The van der Waals surface area contributed by atoms with Gasteiger partial charge in [0, 0.05) is 24.4 Å². The summed E-state index contributed by atoms with van der Waals surface area (Å²) in [5.74, 6) is 0.131. The maximum absolute atomic E-state index is 11.6. The van der Waals surface area contributed by atoms with Crippen LogP contribution in [0.25, 0.3) is 0 Å². The molecular weight excluding hydrogens is 178 g/mol. The first kappa shape index (κ1) is 8.94. The molecule has 1 amide bonds. The number of ketones is 1. The summed E-state index contributed by atoms with van der Waals surface area (Å²) in [5, 5.41) is 2.68. The summed E-state index contributed by atoms with van der Waals surface area (Å²) >= 11 is 0. The van der Waals surface area contributed by atoms with Gasteiger partial charge >= 0.3 is 0 Å². The van der Waals surface area contributed by atoms with Crippen LogP contribution in [0.15, 0.2) is 30.3 Å². The molecule has 0 aliphatic carbocycles. The lowest BCUT2D eigenvalue weighted by Crippen LogP contribution is -2.49. The Morgan fingerprint density at radius 3 is 2.57 bits per heavy atom. The number of amides is 1. The second-order valence-electron chi connectivity index (χ2n) is 3.46. The Morgan fingerprint density at radius 1 is 1.36 bits per heavy atom. The molecular formula is C11H11NO2. The van der Waals surface area contributed by atoms with Crippen molar-refractivity contribution in [3.8, 4) is 0 Å². The van der Waals surface area contributed by atoms with E-state index < -0.39 is 0 Å². The number of rotatable bonds is 3. The molecule has 0 bridgehead atoms. The fourth-order valence-corrected chi connectivity index (χ4v) is 1.52. The molecule has 1 aromatic rings. The van der Waals surface area contributed by atoms with E-state index in [0.717, 1.165) is 0 Å². The third-order valence-electron chi connectivity index (χ3n) is 2.32. The molecule has 0 saturated carbocycles. The maximum atomic E-state index is 11.6. The maximum Gasteiger partial charge on any atom is 0.222 e. The molecule has 0 spiro atoms. The molecule has 1 saturated heterocycles. The molecule has 1 aliphatic rings. The number of β-lactam (4-membered cyclic amide) rings is 1. The van der Waals surface area contributed by atoms with E-state index in [-0.39, 0.29) is 17.7 Å². The number of hydrogen-bond acceptors (Lipinski definition) is 2. The van der Waals surface area contributed by atoms with E-state index in [2.05, 4.69) is 5.32 Å². The summed E-state index contributed by atoms with van der Waals surface area (Å²) in [6.45, 7) is 0. The lowest BCUT2D eigenvalue weighted by Gasteiger charge is -2.25. The van der Waals surface area contributed by atoms with Gasteiger partial charge in [-0.25, -0.2) is 0 Å². The Hall–Kier alpha value is -1.64. The summed E-state index contributed by atoms with van der Waals surface area (Å²) in [4.78, 5) is 22.2. The van der Waals surface area contributed by atoms with Gasteiger partial charge in [0.2, 0.25) is 5.91 Å². The van der Waals surface area contributed by atoms with Gasteiger partial charge in [0.1, 0.15) is 0 Å². The van der Waals surface area contributed by atoms with Crippen LogP contribution in [0.5, 0.6) is 0 Å². The highest BCUT2D eigenvalue weighted by Crippen LogP contribution is 2.12. The monoisotopic (exact) mass is 189 g/mol. The van der Waals surface area contributed by atoms with Crippen LogP contribution >= 0.6 is 0 Å². The van der Waals surface area contributed by atoms with Crippen LogP contribution in [0, 0.1) is 0 Å². The van der Waals surface area contributed by atoms with Crippen molar-refractivity contribution in [3.05, 3.63) is 35.9 Å². The van der Waals surface area contributed by atoms with Gasteiger partial charge in [0.25, 0.3) is 0 Å². The predicted molar refractivity (Wildman–Crippen MR) is 51.9 cm³/mol. The second-order valence-corrected chi connectivity index (χ2v) is 3.46. The van der Waals surface area contributed by atoms with E-state index in [9.17, 15) is 9.59 Å². The summed E-state index contributed by atoms with van der Waals surface area (Å²) in [6.07, 6.45) is 0.897. The average Bonchev–Trinajstić information content (AvgIpc) is 2.17. The summed E-state index contributed by atoms with van der Waals surface area (Å²) in [7, 11) is 0. The number of carbonyl (C=O) groups excluding carboxylic acids is 2. The predicted octanol–water partition coefficient (Wildman–Crippen LogP) is 1.15. The molecule has 3 heteroatoms. The zero-order valence-electron chi connectivity index (χ0n) is 7.69. The van der Waals surface area contributed by atoms with Crippen molar-refractivity contribution >= 4 is 11.7 Å². The van der Waals surface area contributed by atoms with Crippen molar-refractivity contribution in [2.24, 2.45) is 0 Å². The van der Waals surface area contributed by atoms with E-state index >= 15 is 0 Å². The van der Waals surface area contributed by atoms with Crippen LogP contribution in [-0.4, -0.2) is 17.7 Å². The molecule has 1 heterocycles. The number of nitrogens with one attached hydrogen (secondary N) is 1. The first-order chi connectivity index (χ1) is 6.75. The van der Waals surface area contributed by atoms with Gasteiger partial charge in [-0.3, -0.25) is 9.59 Å². The quantitative estimate of drug-likeness (QED) is 0.572. The van der Waals surface area contributed by atoms with Gasteiger partial charge in [-0.15, -0.1) is 0 Å². The standard InChI is InChI=1S/C11H11NO2/c13-10(6-9-7-11(14)12-9)8-4-2-1-3-5-8/h1-5,9H,6-7H2,(H,12,14)/t9-/m1/s1. The highest BCUT2D eigenvalue weighted by molar-refractivity contribution is 5.97. The molecule has 1 fully saturated rings. The van der Waals surface area contributed by atoms with Crippen molar-refractivity contribution in [2.75, 3.05) is 0 Å². The van der Waals surface area contributed by atoms with E-state index in [1.807, 2.05) is 18.2 Å². The van der Waals surface area contributed by atoms with Crippen LogP contribution in [-0.2, 0) is 4.79 Å². The SMILES string of the molecule is O=C1C[C@@H](CC(=O)c2ccccc2)N1. The number of hydrogen-bond donors (Lipinski definition) is 1. The molecule has 1 atom stereocenters. The largest absolute Gasteiger partial charge is 0.352 e. The van der Waals surface area contributed by atoms with Crippen LogP contribution in [0.2, 0.25) is 0 Å². The van der Waals surface area contributed by atoms with Crippen LogP contribution in [0.1, 0.15) is 23.2 Å². The third-order valence-corrected chi connectivity index (χ3v) is 2.32. The van der Waals surface area contributed by atoms with E-state index in [4.69, 9.17) is 0 Å². The number of carbonyl (C=O) groups is 2. The molecule has 0 aromatic heterocycles. The zero-order valence-corrected chi connectivity index (χ0v) is 7.69. The van der Waals surface area contributed by atoms with Crippen LogP contribution < -0.4 is 5.32 Å². The van der Waals surface area contributed by atoms with Gasteiger partial charge < -0.3 is 5.32 Å². The molecule has 72 valence electrons. The van der Waals surface area contributed by atoms with Crippen molar-refractivity contribution in [1.29, 1.82) is 0 Å². The van der Waals surface area contributed by atoms with E-state index in [1.165, 1.54) is 0 Å². The smallest absolute Gasteiger partial charge is 0.222 e. The molecule has 0 unspecified atom stereocenters. The minimum Gasteiger partial charge on any atom is -0.352 e. The van der Waals surface area contributed by atoms with Crippen molar-refractivity contribution < 1.29 is 9.59 Å². The number of Topliss-reactive ketones (excluding diaryl/α,β-unsaturated/α-hetero) is 1. The molecule has 0 radical (unpaired) electrons. The van der Waals surface area contributed by atoms with Crippen molar-refractivity contribution in [2.45, 2.75) is 18.9 Å². The average molecular weight is 189 g/mol. The topological polar surface area (TPSA) is 46.2 Å². The van der Waals surface area contributed by atoms with Gasteiger partial charge in [0.05, 0.1) is 0 Å². The summed E-state index contributed by atoms with van der Waals surface area (Å²) in [6, 6.07) is 9.20. The molecule has 1 aromatic carbocycles. The first-order valence-electron chi connectivity index (χ1n) is 4.63. The highest BCUT2D eigenvalue weighted by Gasteiger charge is 2.27. The normalized spacial score (nSPS) is 19.7. The third kappa shape index (κ3) is 1.82. The van der Waals surface area contributed by atoms with Crippen LogP contribution in [0.4, 0.5) is 0 Å². The number of benzene rings is 1. The lowest BCUT2D eigenvalue weighted by atomic mass is 9.97. The Bertz CT molecular complexity index is 351. The molecule has 3 nitrogen and oxygen atoms in total. The fraction of sp³-hybridized carbons (Fsp3) is 0.273. The molecule has 1 aliphatic heterocycles. The second kappa shape index (κ2) is 3.62. The van der Waals surface area contributed by atoms with E-state index in [0.29, 0.717) is 18.4 Å². The van der Waals surface area contributed by atoms with Gasteiger partial charge in [-0.1, -0.05) is 30.3 Å². The van der Waals surface area contributed by atoms with Gasteiger partial charge in [-0.05, 0) is 0 Å². The Labute approximate surface area is 82.1 Å². The van der Waals surface area contributed by atoms with Crippen LogP contribution in [0.3, 0.4) is 0 Å².